The molecule has 1 rings (SSSR count). The number of amides is 1. The van der Waals surface area contributed by atoms with Gasteiger partial charge in [0.2, 0.25) is 5.91 Å². The molecule has 0 aromatic rings. The van der Waals surface area contributed by atoms with E-state index in [1.165, 1.54) is 0 Å². The molecule has 7 heteroatoms. The first-order valence-electron chi connectivity index (χ1n) is 5.90. The van der Waals surface area contributed by atoms with Crippen LogP contribution in [0.3, 0.4) is 0 Å². The number of halogens is 2. The van der Waals surface area contributed by atoms with Gasteiger partial charge in [-0.2, -0.15) is 8.78 Å². The minimum Gasteiger partial charge on any atom is -0.456 e. The summed E-state index contributed by atoms with van der Waals surface area (Å²) in [5, 5.41) is 5.53. The average Bonchev–Trinajstić information content (AvgIpc) is 2.47. The van der Waals surface area contributed by atoms with Gasteiger partial charge in [-0.3, -0.25) is 4.79 Å². The number of rotatable bonds is 6. The lowest BCUT2D eigenvalue weighted by Crippen LogP contribution is -2.34. The molecule has 2 N–H and O–H groups in total. The van der Waals surface area contributed by atoms with Gasteiger partial charge in [0.15, 0.2) is 0 Å². The number of cyclic esters (lactones) is 1. The van der Waals surface area contributed by atoms with Gasteiger partial charge in [-0.1, -0.05) is 0 Å². The van der Waals surface area contributed by atoms with Gasteiger partial charge in [0.1, 0.15) is 6.10 Å². The van der Waals surface area contributed by atoms with Gasteiger partial charge in [-0.05, 0) is 13.8 Å². The maximum atomic E-state index is 12.8. The first-order chi connectivity index (χ1) is 8.31. The predicted molar refractivity (Wildman–Crippen MR) is 60.2 cm³/mol. The van der Waals surface area contributed by atoms with Gasteiger partial charge >= 0.3 is 11.9 Å². The minimum atomic E-state index is -3.37. The van der Waals surface area contributed by atoms with Crippen LogP contribution in [0.1, 0.15) is 26.7 Å². The second-order valence-electron chi connectivity index (χ2n) is 4.61. The van der Waals surface area contributed by atoms with E-state index in [1.807, 2.05) is 13.8 Å². The van der Waals surface area contributed by atoms with Crippen molar-refractivity contribution in [3.8, 4) is 0 Å². The van der Waals surface area contributed by atoms with Crippen molar-refractivity contribution in [1.82, 2.24) is 10.6 Å². The molecule has 0 saturated carbocycles. The lowest BCUT2D eigenvalue weighted by molar-refractivity contribution is -0.159. The quantitative estimate of drug-likeness (QED) is 0.539. The Bertz CT molecular complexity index is 321. The summed E-state index contributed by atoms with van der Waals surface area (Å²) in [4.78, 5) is 22.0. The molecule has 104 valence electrons. The molecule has 0 bridgehead atoms. The number of ether oxygens (including phenoxy) is 1. The van der Waals surface area contributed by atoms with Crippen LogP contribution in [0.25, 0.3) is 0 Å². The summed E-state index contributed by atoms with van der Waals surface area (Å²) in [5.74, 6) is -4.94. The minimum absolute atomic E-state index is 0.0759. The van der Waals surface area contributed by atoms with Gasteiger partial charge in [0.25, 0.3) is 0 Å². The number of nitrogens with one attached hydrogen (secondary N) is 2. The van der Waals surface area contributed by atoms with Crippen molar-refractivity contribution in [2.45, 2.75) is 44.8 Å². The molecule has 5 nitrogen and oxygen atoms in total. The molecule has 1 amide bonds. The van der Waals surface area contributed by atoms with Gasteiger partial charge < -0.3 is 15.4 Å². The molecule has 0 aromatic heterocycles. The third-order valence-electron chi connectivity index (χ3n) is 2.41. The van der Waals surface area contributed by atoms with E-state index in [0.29, 0.717) is 6.54 Å². The Kier molecular flexibility index (Phi) is 5.01. The molecule has 0 spiro atoms. The Morgan fingerprint density at radius 3 is 2.72 bits per heavy atom. The van der Waals surface area contributed by atoms with Crippen LogP contribution in [0.15, 0.2) is 0 Å². The van der Waals surface area contributed by atoms with Crippen LogP contribution in [-0.4, -0.2) is 43.0 Å². The molecular formula is C11H18F2N2O3. The topological polar surface area (TPSA) is 67.4 Å². The van der Waals surface area contributed by atoms with Crippen molar-refractivity contribution in [3.05, 3.63) is 0 Å². The maximum absolute atomic E-state index is 12.8. The Morgan fingerprint density at radius 1 is 1.56 bits per heavy atom. The monoisotopic (exact) mass is 264 g/mol. The fourth-order valence-electron chi connectivity index (χ4n) is 1.62. The summed E-state index contributed by atoms with van der Waals surface area (Å²) in [6, 6.07) is 0.0759. The first kappa shape index (κ1) is 14.8. The highest BCUT2D eigenvalue weighted by molar-refractivity contribution is 5.79. The van der Waals surface area contributed by atoms with Crippen LogP contribution in [-0.2, 0) is 14.3 Å². The fraction of sp³-hybridized carbons (Fsp3) is 0.818. The molecule has 1 atom stereocenters. The van der Waals surface area contributed by atoms with Crippen molar-refractivity contribution < 1.29 is 23.1 Å². The smallest absolute Gasteiger partial charge is 0.377 e. The lowest BCUT2D eigenvalue weighted by Gasteiger charge is -2.11. The summed E-state index contributed by atoms with van der Waals surface area (Å²) in [6.07, 6.45) is -1.16. The molecule has 0 aliphatic carbocycles. The molecule has 1 unspecified atom stereocenters. The zero-order valence-electron chi connectivity index (χ0n) is 10.5. The third kappa shape index (κ3) is 4.56. The van der Waals surface area contributed by atoms with Crippen LogP contribution in [0.5, 0.6) is 0 Å². The van der Waals surface area contributed by atoms with E-state index in [1.54, 1.807) is 0 Å². The summed E-state index contributed by atoms with van der Waals surface area (Å²) in [5.41, 5.74) is 0. The van der Waals surface area contributed by atoms with Crippen LogP contribution in [0, 0.1) is 0 Å². The second kappa shape index (κ2) is 6.08. The number of esters is 1. The van der Waals surface area contributed by atoms with E-state index in [4.69, 9.17) is 0 Å². The molecule has 1 aliphatic rings. The fourth-order valence-corrected chi connectivity index (χ4v) is 1.62. The van der Waals surface area contributed by atoms with Gasteiger partial charge in [-0.25, -0.2) is 4.79 Å². The van der Waals surface area contributed by atoms with E-state index < -0.39 is 24.4 Å². The van der Waals surface area contributed by atoms with Crippen molar-refractivity contribution in [2.75, 3.05) is 13.1 Å². The highest BCUT2D eigenvalue weighted by Crippen LogP contribution is 2.30. The van der Waals surface area contributed by atoms with Gasteiger partial charge in [0, 0.05) is 25.6 Å². The Morgan fingerprint density at radius 2 is 2.22 bits per heavy atom. The highest BCUT2D eigenvalue weighted by Gasteiger charge is 2.50. The molecule has 1 heterocycles. The first-order valence-corrected chi connectivity index (χ1v) is 5.90. The van der Waals surface area contributed by atoms with E-state index in [9.17, 15) is 18.4 Å². The summed E-state index contributed by atoms with van der Waals surface area (Å²) >= 11 is 0. The van der Waals surface area contributed by atoms with Gasteiger partial charge in [0.05, 0.1) is 6.42 Å². The predicted octanol–water partition coefficient (Wildman–Crippen LogP) is 0.441. The Labute approximate surface area is 104 Å². The zero-order valence-corrected chi connectivity index (χ0v) is 10.5. The van der Waals surface area contributed by atoms with Crippen LogP contribution >= 0.6 is 0 Å². The molecular weight excluding hydrogens is 246 g/mol. The van der Waals surface area contributed by atoms with Crippen molar-refractivity contribution in [2.24, 2.45) is 0 Å². The highest BCUT2D eigenvalue weighted by atomic mass is 19.3. The maximum Gasteiger partial charge on any atom is 0.377 e. The molecule has 1 aliphatic heterocycles. The van der Waals surface area contributed by atoms with E-state index in [0.717, 1.165) is 0 Å². The Hall–Kier alpha value is -1.24. The van der Waals surface area contributed by atoms with Gasteiger partial charge in [-0.15, -0.1) is 0 Å². The summed E-state index contributed by atoms with van der Waals surface area (Å²) in [7, 11) is 0. The molecule has 18 heavy (non-hydrogen) atoms. The van der Waals surface area contributed by atoms with Crippen molar-refractivity contribution in [1.29, 1.82) is 0 Å². The largest absolute Gasteiger partial charge is 0.456 e. The van der Waals surface area contributed by atoms with Crippen LogP contribution in [0.2, 0.25) is 0 Å². The van der Waals surface area contributed by atoms with E-state index >= 15 is 0 Å². The van der Waals surface area contributed by atoms with Crippen LogP contribution < -0.4 is 10.6 Å². The summed E-state index contributed by atoms with van der Waals surface area (Å²) in [6.45, 7) is 4.20. The second-order valence-corrected chi connectivity index (χ2v) is 4.61. The third-order valence-corrected chi connectivity index (χ3v) is 2.41. The van der Waals surface area contributed by atoms with Crippen molar-refractivity contribution in [3.63, 3.8) is 0 Å². The van der Waals surface area contributed by atoms with E-state index in [2.05, 4.69) is 15.4 Å². The number of hydrogen-bond donors (Lipinski definition) is 2. The molecule has 1 fully saturated rings. The Balaban J connectivity index is 2.13. The average molecular weight is 264 g/mol. The van der Waals surface area contributed by atoms with E-state index in [-0.39, 0.29) is 24.9 Å². The lowest BCUT2D eigenvalue weighted by atomic mass is 10.2. The van der Waals surface area contributed by atoms with Crippen LogP contribution in [0.4, 0.5) is 8.78 Å². The molecule has 0 aromatic carbocycles. The number of hydrogen-bond acceptors (Lipinski definition) is 4. The molecule has 0 radical (unpaired) electrons. The summed E-state index contributed by atoms with van der Waals surface area (Å²) < 4.78 is 30.1. The zero-order chi connectivity index (χ0) is 13.8. The standard InChI is InChI=1S/C11H18F2N2O3/c1-7(2)15-9(16)3-4-14-6-8-5-11(12,13)10(17)18-8/h7-8,14H,3-6H2,1-2H3,(H,15,16). The number of carbonyl (C=O) groups is 2. The van der Waals surface area contributed by atoms with Crippen molar-refractivity contribution >= 4 is 11.9 Å². The SMILES string of the molecule is CC(C)NC(=O)CCNCC1CC(F)(F)C(=O)O1. The normalized spacial score (nSPS) is 22.1. The number of alkyl halides is 2. The molecule has 1 saturated heterocycles. The number of carbonyl (C=O) groups excluding carboxylic acids is 2.